The van der Waals surface area contributed by atoms with Gasteiger partial charge in [-0.25, -0.2) is 9.18 Å². The Labute approximate surface area is 195 Å². The molecule has 2 aromatic rings. The van der Waals surface area contributed by atoms with Gasteiger partial charge in [0, 0.05) is 0 Å². The van der Waals surface area contributed by atoms with Gasteiger partial charge in [0.05, 0.1) is 11.1 Å². The fourth-order valence-corrected chi connectivity index (χ4v) is 4.74. The predicted octanol–water partition coefficient (Wildman–Crippen LogP) is 8.08. The van der Waals surface area contributed by atoms with Gasteiger partial charge in [0.2, 0.25) is 5.82 Å². The van der Waals surface area contributed by atoms with E-state index in [-0.39, 0.29) is 5.56 Å². The van der Waals surface area contributed by atoms with Crippen molar-refractivity contribution in [1.29, 1.82) is 5.26 Å². The Balaban J connectivity index is 1.47. The highest BCUT2D eigenvalue weighted by molar-refractivity contribution is 5.91. The molecule has 2 aromatic carbocycles. The molecule has 3 rings (SSSR count). The fraction of sp³-hybridized carbons (Fsp3) is 0.500. The maximum absolute atomic E-state index is 14.0. The van der Waals surface area contributed by atoms with Crippen LogP contribution in [-0.4, -0.2) is 5.97 Å². The lowest BCUT2D eigenvalue weighted by atomic mass is 9.77. The lowest BCUT2D eigenvalue weighted by Crippen LogP contribution is -2.14. The van der Waals surface area contributed by atoms with Gasteiger partial charge in [-0.3, -0.25) is 0 Å². The van der Waals surface area contributed by atoms with E-state index in [9.17, 15) is 13.6 Å². The van der Waals surface area contributed by atoms with E-state index in [2.05, 4.69) is 6.92 Å². The molecule has 5 heteroatoms. The molecule has 3 nitrogen and oxygen atoms in total. The van der Waals surface area contributed by atoms with E-state index in [4.69, 9.17) is 10.00 Å². The molecule has 0 unspecified atom stereocenters. The molecule has 0 N–H and O–H groups in total. The third-order valence-electron chi connectivity index (χ3n) is 6.80. The second-order valence-corrected chi connectivity index (χ2v) is 9.14. The maximum atomic E-state index is 14.0. The summed E-state index contributed by atoms with van der Waals surface area (Å²) in [6.07, 6.45) is 14.3. The summed E-state index contributed by atoms with van der Waals surface area (Å²) in [7, 11) is 0. The fourth-order valence-electron chi connectivity index (χ4n) is 4.74. The highest BCUT2D eigenvalue weighted by Gasteiger charge is 2.23. The zero-order valence-corrected chi connectivity index (χ0v) is 19.4. The van der Waals surface area contributed by atoms with Gasteiger partial charge in [-0.2, -0.15) is 9.65 Å². The molecular formula is C28H33F2NO2. The van der Waals surface area contributed by atoms with Crippen LogP contribution < -0.4 is 4.74 Å². The van der Waals surface area contributed by atoms with E-state index in [1.807, 2.05) is 12.1 Å². The second kappa shape index (κ2) is 12.5. The van der Waals surface area contributed by atoms with Crippen molar-refractivity contribution < 1.29 is 18.3 Å². The Bertz CT molecular complexity index is 957. The van der Waals surface area contributed by atoms with Crippen molar-refractivity contribution in [3.05, 3.63) is 64.7 Å². The molecule has 0 heterocycles. The normalized spacial score (nSPS) is 18.0. The van der Waals surface area contributed by atoms with Gasteiger partial charge in [-0.15, -0.1) is 0 Å². The van der Waals surface area contributed by atoms with Crippen LogP contribution in [0.2, 0.25) is 0 Å². The number of hydrogen-bond donors (Lipinski definition) is 0. The first kappa shape index (κ1) is 24.9. The first-order chi connectivity index (χ1) is 16.0. The summed E-state index contributed by atoms with van der Waals surface area (Å²) in [5.74, 6) is -2.59. The molecule has 1 fully saturated rings. The molecule has 1 saturated carbocycles. The average Bonchev–Trinajstić information content (AvgIpc) is 2.85. The van der Waals surface area contributed by atoms with Crippen LogP contribution in [0, 0.1) is 28.9 Å². The lowest BCUT2D eigenvalue weighted by molar-refractivity contribution is 0.0726. The number of benzene rings is 2. The highest BCUT2D eigenvalue weighted by atomic mass is 19.2. The highest BCUT2D eigenvalue weighted by Crippen LogP contribution is 2.38. The Morgan fingerprint density at radius 3 is 2.27 bits per heavy atom. The topological polar surface area (TPSA) is 50.1 Å². The molecule has 0 aliphatic heterocycles. The smallest absolute Gasteiger partial charge is 0.343 e. The molecule has 0 bridgehead atoms. The minimum Gasteiger partial charge on any atom is -0.420 e. The average molecular weight is 454 g/mol. The zero-order chi connectivity index (χ0) is 23.6. The van der Waals surface area contributed by atoms with E-state index >= 15 is 0 Å². The molecule has 0 radical (unpaired) electrons. The number of rotatable bonds is 10. The molecule has 0 aromatic heterocycles. The van der Waals surface area contributed by atoms with Crippen molar-refractivity contribution in [2.24, 2.45) is 5.92 Å². The van der Waals surface area contributed by atoms with Crippen LogP contribution in [0.15, 0.2) is 36.4 Å². The van der Waals surface area contributed by atoms with Gasteiger partial charge in [0.1, 0.15) is 6.07 Å². The molecular weight excluding hydrogens is 420 g/mol. The molecule has 176 valence electrons. The van der Waals surface area contributed by atoms with Gasteiger partial charge < -0.3 is 4.74 Å². The first-order valence-corrected chi connectivity index (χ1v) is 12.2. The number of esters is 1. The van der Waals surface area contributed by atoms with Crippen LogP contribution >= 0.6 is 0 Å². The molecule has 0 spiro atoms. The number of nitriles is 1. The summed E-state index contributed by atoms with van der Waals surface area (Å²) < 4.78 is 32.8. The second-order valence-electron chi connectivity index (χ2n) is 9.14. The Morgan fingerprint density at radius 2 is 1.61 bits per heavy atom. The number of unbranched alkanes of at least 4 members (excludes halogenated alkanes) is 5. The SMILES string of the molecule is CCCCCCCCC1CCC(c2ccc(C(=O)Oc3ccc(C#N)c(F)c3F)cc2)CC1. The summed E-state index contributed by atoms with van der Waals surface area (Å²) in [6.45, 7) is 2.25. The van der Waals surface area contributed by atoms with E-state index in [1.165, 1.54) is 76.2 Å². The van der Waals surface area contributed by atoms with Crippen LogP contribution in [0.25, 0.3) is 0 Å². The molecule has 33 heavy (non-hydrogen) atoms. The third-order valence-corrected chi connectivity index (χ3v) is 6.80. The van der Waals surface area contributed by atoms with Crippen molar-refractivity contribution >= 4 is 5.97 Å². The van der Waals surface area contributed by atoms with Crippen molar-refractivity contribution in [1.82, 2.24) is 0 Å². The van der Waals surface area contributed by atoms with Crippen molar-refractivity contribution in [3.8, 4) is 11.8 Å². The summed E-state index contributed by atoms with van der Waals surface area (Å²) in [5, 5.41) is 8.75. The van der Waals surface area contributed by atoms with E-state index < -0.39 is 28.9 Å². The van der Waals surface area contributed by atoms with Gasteiger partial charge in [-0.1, -0.05) is 64.0 Å². The van der Waals surface area contributed by atoms with Crippen molar-refractivity contribution in [3.63, 3.8) is 0 Å². The number of ether oxygens (including phenoxy) is 1. The van der Waals surface area contributed by atoms with Gasteiger partial charge in [0.25, 0.3) is 0 Å². The van der Waals surface area contributed by atoms with Crippen LogP contribution in [-0.2, 0) is 0 Å². The molecule has 1 aliphatic rings. The number of hydrogen-bond acceptors (Lipinski definition) is 3. The minimum absolute atomic E-state index is 0.277. The largest absolute Gasteiger partial charge is 0.420 e. The Kier molecular flexibility index (Phi) is 9.42. The third kappa shape index (κ3) is 6.87. The monoisotopic (exact) mass is 453 g/mol. The van der Waals surface area contributed by atoms with Gasteiger partial charge >= 0.3 is 5.97 Å². The van der Waals surface area contributed by atoms with Crippen molar-refractivity contribution in [2.45, 2.75) is 83.5 Å². The zero-order valence-electron chi connectivity index (χ0n) is 19.4. The Morgan fingerprint density at radius 1 is 0.939 bits per heavy atom. The van der Waals surface area contributed by atoms with Gasteiger partial charge in [0.15, 0.2) is 11.6 Å². The summed E-state index contributed by atoms with van der Waals surface area (Å²) >= 11 is 0. The predicted molar refractivity (Wildman–Crippen MR) is 125 cm³/mol. The van der Waals surface area contributed by atoms with Crippen molar-refractivity contribution in [2.75, 3.05) is 0 Å². The number of halogens is 2. The van der Waals surface area contributed by atoms with Gasteiger partial charge in [-0.05, 0) is 67.3 Å². The van der Waals surface area contributed by atoms with Crippen LogP contribution in [0.1, 0.15) is 105 Å². The molecule has 1 aliphatic carbocycles. The first-order valence-electron chi connectivity index (χ1n) is 12.2. The Hall–Kier alpha value is -2.74. The van der Waals surface area contributed by atoms with Crippen LogP contribution in [0.3, 0.4) is 0 Å². The maximum Gasteiger partial charge on any atom is 0.343 e. The van der Waals surface area contributed by atoms with Crippen LogP contribution in [0.5, 0.6) is 5.75 Å². The quantitative estimate of drug-likeness (QED) is 0.207. The summed E-state index contributed by atoms with van der Waals surface area (Å²) in [6, 6.07) is 11.0. The molecule has 0 atom stereocenters. The summed E-state index contributed by atoms with van der Waals surface area (Å²) in [4.78, 5) is 12.4. The molecule has 0 amide bonds. The van der Waals surface area contributed by atoms with Crippen LogP contribution in [0.4, 0.5) is 8.78 Å². The van der Waals surface area contributed by atoms with E-state index in [1.54, 1.807) is 18.2 Å². The standard InChI is InChI=1S/C28H33F2NO2/c1-2-3-4-5-6-7-8-20-9-11-21(12-10-20)22-13-15-23(16-14-22)28(32)33-25-18-17-24(19-31)26(29)27(25)30/h13-18,20-21H,2-12H2,1H3. The number of nitrogens with zero attached hydrogens (tertiary/aromatic N) is 1. The van der Waals surface area contributed by atoms with E-state index in [0.29, 0.717) is 5.92 Å². The lowest BCUT2D eigenvalue weighted by Gasteiger charge is -2.29. The number of carbonyl (C=O) groups is 1. The summed E-state index contributed by atoms with van der Waals surface area (Å²) in [5.41, 5.74) is 1.05. The number of carbonyl (C=O) groups excluding carboxylic acids is 1. The minimum atomic E-state index is -1.34. The molecule has 0 saturated heterocycles. The van der Waals surface area contributed by atoms with E-state index in [0.717, 1.165) is 18.1 Å².